The second-order valence-corrected chi connectivity index (χ2v) is 7.44. The van der Waals surface area contributed by atoms with E-state index in [0.717, 1.165) is 40.2 Å². The third-order valence-corrected chi connectivity index (χ3v) is 5.83. The molecule has 3 rings (SSSR count). The number of thiazole rings is 1. The Morgan fingerprint density at radius 2 is 2.19 bits per heavy atom. The summed E-state index contributed by atoms with van der Waals surface area (Å²) in [6.07, 6.45) is 3.56. The number of fused-ring (bicyclic) bond motifs is 1. The molecule has 1 aromatic heterocycles. The van der Waals surface area contributed by atoms with E-state index >= 15 is 0 Å². The van der Waals surface area contributed by atoms with E-state index in [9.17, 15) is 10.1 Å². The van der Waals surface area contributed by atoms with E-state index in [4.69, 9.17) is 0 Å². The molecule has 4 nitrogen and oxygen atoms in total. The maximum absolute atomic E-state index is 12.0. The van der Waals surface area contributed by atoms with Gasteiger partial charge in [-0.15, -0.1) is 11.3 Å². The second-order valence-electron chi connectivity index (χ2n) is 5.19. The first-order valence-corrected chi connectivity index (χ1v) is 8.72. The molecule has 1 heterocycles. The number of carbonyl (C=O) groups excluding carboxylic acids is 1. The van der Waals surface area contributed by atoms with Crippen molar-refractivity contribution < 1.29 is 4.79 Å². The lowest BCUT2D eigenvalue weighted by Crippen LogP contribution is -2.45. The zero-order valence-corrected chi connectivity index (χ0v) is 13.1. The molecular formula is C15H15N3OS2. The lowest BCUT2D eigenvalue weighted by atomic mass is 10.0. The zero-order valence-electron chi connectivity index (χ0n) is 11.5. The molecule has 21 heavy (non-hydrogen) atoms. The Hall–Kier alpha value is -1.58. The van der Waals surface area contributed by atoms with Gasteiger partial charge in [0.2, 0.25) is 5.91 Å². The van der Waals surface area contributed by atoms with Crippen molar-refractivity contribution >= 4 is 39.2 Å². The van der Waals surface area contributed by atoms with Crippen LogP contribution in [-0.2, 0) is 4.79 Å². The fourth-order valence-electron chi connectivity index (χ4n) is 2.59. The summed E-state index contributed by atoms with van der Waals surface area (Å²) in [4.78, 5) is 16.5. The molecule has 1 aliphatic rings. The Kier molecular flexibility index (Phi) is 4.13. The van der Waals surface area contributed by atoms with Gasteiger partial charge in [-0.1, -0.05) is 23.9 Å². The molecule has 0 aliphatic heterocycles. The predicted molar refractivity (Wildman–Crippen MR) is 85.3 cm³/mol. The van der Waals surface area contributed by atoms with E-state index in [1.807, 2.05) is 24.3 Å². The van der Waals surface area contributed by atoms with Crippen molar-refractivity contribution in [1.29, 1.82) is 5.26 Å². The minimum Gasteiger partial charge on any atom is -0.337 e. The first-order chi connectivity index (χ1) is 10.2. The van der Waals surface area contributed by atoms with Gasteiger partial charge in [-0.25, -0.2) is 4.98 Å². The van der Waals surface area contributed by atoms with Gasteiger partial charge in [0.25, 0.3) is 0 Å². The number of thioether (sulfide) groups is 1. The van der Waals surface area contributed by atoms with E-state index in [-0.39, 0.29) is 5.91 Å². The molecule has 1 N–H and O–H groups in total. The number of aromatic nitrogens is 1. The number of benzene rings is 1. The highest BCUT2D eigenvalue weighted by molar-refractivity contribution is 8.01. The van der Waals surface area contributed by atoms with Crippen LogP contribution in [0.4, 0.5) is 0 Å². The van der Waals surface area contributed by atoms with Gasteiger partial charge in [-0.3, -0.25) is 4.79 Å². The highest BCUT2D eigenvalue weighted by Crippen LogP contribution is 2.31. The van der Waals surface area contributed by atoms with Crippen LogP contribution in [-0.4, -0.2) is 22.2 Å². The molecule has 2 aromatic rings. The van der Waals surface area contributed by atoms with Crippen LogP contribution in [0.15, 0.2) is 28.6 Å². The van der Waals surface area contributed by atoms with Crippen LogP contribution in [0.3, 0.4) is 0 Å². The van der Waals surface area contributed by atoms with Crippen LogP contribution in [0.2, 0.25) is 0 Å². The molecule has 108 valence electrons. The van der Waals surface area contributed by atoms with Crippen molar-refractivity contribution in [1.82, 2.24) is 10.3 Å². The second kappa shape index (κ2) is 6.04. The molecule has 0 bridgehead atoms. The Morgan fingerprint density at radius 1 is 1.43 bits per heavy atom. The Balaban J connectivity index is 1.59. The number of hydrogen-bond donors (Lipinski definition) is 1. The van der Waals surface area contributed by atoms with Crippen molar-refractivity contribution in [3.63, 3.8) is 0 Å². The van der Waals surface area contributed by atoms with E-state index in [1.54, 1.807) is 11.3 Å². The van der Waals surface area contributed by atoms with Gasteiger partial charge in [0.15, 0.2) is 4.34 Å². The number of rotatable bonds is 4. The largest absolute Gasteiger partial charge is 0.337 e. The van der Waals surface area contributed by atoms with Crippen LogP contribution in [0.25, 0.3) is 10.2 Å². The van der Waals surface area contributed by atoms with Gasteiger partial charge in [0, 0.05) is 0 Å². The van der Waals surface area contributed by atoms with Crippen LogP contribution < -0.4 is 5.32 Å². The average Bonchev–Trinajstić information content (AvgIpc) is 3.11. The topological polar surface area (TPSA) is 65.8 Å². The molecule has 1 aromatic carbocycles. The minimum absolute atomic E-state index is 0.0808. The summed E-state index contributed by atoms with van der Waals surface area (Å²) in [7, 11) is 0. The van der Waals surface area contributed by atoms with Crippen molar-refractivity contribution in [2.45, 2.75) is 35.6 Å². The molecule has 0 atom stereocenters. The quantitative estimate of drug-likeness (QED) is 0.878. The van der Waals surface area contributed by atoms with Crippen LogP contribution >= 0.6 is 23.1 Å². The monoisotopic (exact) mass is 317 g/mol. The van der Waals surface area contributed by atoms with Crippen molar-refractivity contribution in [2.75, 3.05) is 5.75 Å². The number of para-hydroxylation sites is 1. The number of nitrogens with one attached hydrogen (secondary N) is 1. The first kappa shape index (κ1) is 14.4. The summed E-state index contributed by atoms with van der Waals surface area (Å²) in [5.74, 6) is 0.228. The van der Waals surface area contributed by atoms with E-state index in [2.05, 4.69) is 16.4 Å². The number of amides is 1. The van der Waals surface area contributed by atoms with Gasteiger partial charge in [0.05, 0.1) is 22.0 Å². The number of nitriles is 1. The van der Waals surface area contributed by atoms with Crippen LogP contribution in [0.5, 0.6) is 0 Å². The fraction of sp³-hybridized carbons (Fsp3) is 0.400. The molecule has 1 aliphatic carbocycles. The van der Waals surface area contributed by atoms with E-state index in [0.29, 0.717) is 5.75 Å². The molecule has 1 saturated carbocycles. The minimum atomic E-state index is -0.634. The third-order valence-electron chi connectivity index (χ3n) is 3.65. The smallest absolute Gasteiger partial charge is 0.231 e. The maximum Gasteiger partial charge on any atom is 0.231 e. The van der Waals surface area contributed by atoms with Crippen molar-refractivity contribution in [3.8, 4) is 6.07 Å². The fourth-order valence-corrected chi connectivity index (χ4v) is 4.45. The van der Waals surface area contributed by atoms with Gasteiger partial charge in [0.1, 0.15) is 5.54 Å². The van der Waals surface area contributed by atoms with Crippen LogP contribution in [0, 0.1) is 11.3 Å². The predicted octanol–water partition coefficient (Wildman–Crippen LogP) is 3.34. The average molecular weight is 317 g/mol. The maximum atomic E-state index is 12.0. The zero-order chi connectivity index (χ0) is 14.7. The number of hydrogen-bond acceptors (Lipinski definition) is 5. The van der Waals surface area contributed by atoms with Crippen molar-refractivity contribution in [3.05, 3.63) is 24.3 Å². The molecule has 6 heteroatoms. The Morgan fingerprint density at radius 3 is 2.90 bits per heavy atom. The number of nitrogens with zero attached hydrogens (tertiary/aromatic N) is 2. The Labute approximate surface area is 131 Å². The van der Waals surface area contributed by atoms with E-state index < -0.39 is 5.54 Å². The summed E-state index contributed by atoms with van der Waals surface area (Å²) in [5, 5.41) is 12.2. The molecule has 0 saturated heterocycles. The summed E-state index contributed by atoms with van der Waals surface area (Å²) in [6, 6.07) is 10.2. The lowest BCUT2D eigenvalue weighted by Gasteiger charge is -2.21. The highest BCUT2D eigenvalue weighted by Gasteiger charge is 2.35. The molecule has 0 unspecified atom stereocenters. The molecule has 1 amide bonds. The first-order valence-electron chi connectivity index (χ1n) is 6.91. The number of carbonyl (C=O) groups is 1. The summed E-state index contributed by atoms with van der Waals surface area (Å²) >= 11 is 3.03. The standard InChI is InChI=1S/C15H15N3OS2/c16-10-15(7-3-4-8-15)18-13(19)9-20-14-17-11-5-1-2-6-12(11)21-14/h1-2,5-6H,3-4,7-9H2,(H,18,19). The molecule has 0 spiro atoms. The van der Waals surface area contributed by atoms with Crippen molar-refractivity contribution in [2.24, 2.45) is 0 Å². The Bertz CT molecular complexity index is 665. The van der Waals surface area contributed by atoms with Gasteiger partial charge < -0.3 is 5.32 Å². The van der Waals surface area contributed by atoms with Gasteiger partial charge >= 0.3 is 0 Å². The normalized spacial score (nSPS) is 16.7. The lowest BCUT2D eigenvalue weighted by molar-refractivity contribution is -0.119. The summed E-state index contributed by atoms with van der Waals surface area (Å²) < 4.78 is 2.02. The van der Waals surface area contributed by atoms with E-state index in [1.165, 1.54) is 11.8 Å². The van der Waals surface area contributed by atoms with Crippen LogP contribution in [0.1, 0.15) is 25.7 Å². The molecule has 1 fully saturated rings. The summed E-state index contributed by atoms with van der Waals surface area (Å²) in [5.41, 5.74) is 0.334. The third kappa shape index (κ3) is 3.20. The van der Waals surface area contributed by atoms with Gasteiger partial charge in [-0.05, 0) is 37.8 Å². The van der Waals surface area contributed by atoms with Gasteiger partial charge in [-0.2, -0.15) is 5.26 Å². The molecular weight excluding hydrogens is 302 g/mol. The summed E-state index contributed by atoms with van der Waals surface area (Å²) in [6.45, 7) is 0. The SMILES string of the molecule is N#CC1(NC(=O)CSc2nc3ccccc3s2)CCCC1. The molecule has 0 radical (unpaired) electrons. The highest BCUT2D eigenvalue weighted by atomic mass is 32.2.